The Bertz CT molecular complexity index is 416. The molecule has 4 nitrogen and oxygen atoms in total. The van der Waals surface area contributed by atoms with Crippen molar-refractivity contribution in [1.29, 1.82) is 0 Å². The van der Waals surface area contributed by atoms with Crippen LogP contribution in [-0.4, -0.2) is 34.9 Å². The predicted octanol–water partition coefficient (Wildman–Crippen LogP) is 8.23. The lowest BCUT2D eigenvalue weighted by atomic mass is 10.0. The zero-order valence-corrected chi connectivity index (χ0v) is 23.1. The van der Waals surface area contributed by atoms with Gasteiger partial charge in [-0.3, -0.25) is 4.79 Å². The molecule has 34 heavy (non-hydrogen) atoms. The Hall–Kier alpha value is -0.610. The summed E-state index contributed by atoms with van der Waals surface area (Å²) in [4.78, 5) is 12.2. The molecule has 1 amide bonds. The van der Waals surface area contributed by atoms with Crippen LogP contribution in [-0.2, 0) is 4.79 Å². The lowest BCUT2D eigenvalue weighted by Crippen LogP contribution is -2.45. The summed E-state index contributed by atoms with van der Waals surface area (Å²) in [5, 5.41) is 22.8. The van der Waals surface area contributed by atoms with E-state index in [4.69, 9.17) is 0 Å². The van der Waals surface area contributed by atoms with Crippen LogP contribution in [0.3, 0.4) is 0 Å². The second-order valence-corrected chi connectivity index (χ2v) is 10.5. The highest BCUT2D eigenvalue weighted by Crippen LogP contribution is 2.15. The van der Waals surface area contributed by atoms with Gasteiger partial charge in [0.15, 0.2) is 0 Å². The van der Waals surface area contributed by atoms with Gasteiger partial charge in [0.25, 0.3) is 0 Å². The lowest BCUT2D eigenvalue weighted by molar-refractivity contribution is -0.123. The molecule has 0 heterocycles. The number of amides is 1. The summed E-state index contributed by atoms with van der Waals surface area (Å²) in [5.41, 5.74) is 0. The van der Waals surface area contributed by atoms with Crippen molar-refractivity contribution in [3.8, 4) is 0 Å². The summed E-state index contributed by atoms with van der Waals surface area (Å²) >= 11 is 0. The van der Waals surface area contributed by atoms with E-state index in [0.29, 0.717) is 12.8 Å². The van der Waals surface area contributed by atoms with Crippen LogP contribution >= 0.6 is 0 Å². The van der Waals surface area contributed by atoms with Crippen molar-refractivity contribution in [1.82, 2.24) is 5.32 Å². The fourth-order valence-corrected chi connectivity index (χ4v) is 4.71. The molecular weight excluding hydrogens is 422 g/mol. The van der Waals surface area contributed by atoms with E-state index in [1.807, 2.05) is 0 Å². The maximum atomic E-state index is 12.2. The van der Waals surface area contributed by atoms with Gasteiger partial charge in [-0.25, -0.2) is 0 Å². The second kappa shape index (κ2) is 27.0. The Morgan fingerprint density at radius 1 is 0.588 bits per heavy atom. The molecule has 0 aliphatic rings. The molecule has 0 saturated carbocycles. The summed E-state index contributed by atoms with van der Waals surface area (Å²) < 4.78 is 0. The van der Waals surface area contributed by atoms with Gasteiger partial charge in [-0.2, -0.15) is 0 Å². The molecule has 0 bridgehead atoms. The summed E-state index contributed by atoms with van der Waals surface area (Å²) in [5.74, 6) is -0.0370. The van der Waals surface area contributed by atoms with Gasteiger partial charge in [-0.05, 0) is 12.8 Å². The van der Waals surface area contributed by atoms with Gasteiger partial charge in [0.2, 0.25) is 5.91 Å². The summed E-state index contributed by atoms with van der Waals surface area (Å²) in [6.07, 6.45) is 28.6. The van der Waals surface area contributed by atoms with Gasteiger partial charge in [0.1, 0.15) is 0 Å². The Kier molecular flexibility index (Phi) is 26.5. The van der Waals surface area contributed by atoms with Crippen LogP contribution in [0.2, 0.25) is 0 Å². The maximum Gasteiger partial charge on any atom is 0.220 e. The van der Waals surface area contributed by atoms with E-state index in [1.165, 1.54) is 116 Å². The number of hydrogen-bond donors (Lipinski definition) is 3. The van der Waals surface area contributed by atoms with E-state index >= 15 is 0 Å². The highest BCUT2D eigenvalue weighted by atomic mass is 16.3. The average molecular weight is 484 g/mol. The van der Waals surface area contributed by atoms with Crippen LogP contribution in [0, 0.1) is 0 Å². The molecular formula is C30H61NO3. The maximum absolute atomic E-state index is 12.2. The lowest BCUT2D eigenvalue weighted by Gasteiger charge is -2.22. The SMILES string of the molecule is CCCCCCCCCCCCCCCC[C@@H](O)[C@H](CO)NC(=O)CCCCCCCCCC. The third-order valence-corrected chi connectivity index (χ3v) is 7.12. The number of aliphatic hydroxyl groups excluding tert-OH is 2. The standard InChI is InChI=1S/C30H61NO3/c1-3-5-7-9-11-13-14-15-16-17-18-19-21-23-25-29(33)28(27-32)31-30(34)26-24-22-20-12-10-8-6-4-2/h28-29,32-33H,3-27H2,1-2H3,(H,31,34)/t28-,29+/m0/s1. The number of hydrogen-bond acceptors (Lipinski definition) is 3. The number of carbonyl (C=O) groups is 1. The van der Waals surface area contributed by atoms with E-state index in [9.17, 15) is 15.0 Å². The quantitative estimate of drug-likeness (QED) is 0.103. The molecule has 0 spiro atoms. The van der Waals surface area contributed by atoms with Gasteiger partial charge >= 0.3 is 0 Å². The zero-order chi connectivity index (χ0) is 25.1. The van der Waals surface area contributed by atoms with Crippen LogP contribution in [0.1, 0.15) is 168 Å². The molecule has 0 aromatic rings. The van der Waals surface area contributed by atoms with Crippen LogP contribution < -0.4 is 5.32 Å². The Morgan fingerprint density at radius 3 is 1.32 bits per heavy atom. The third kappa shape index (κ3) is 23.1. The molecule has 3 N–H and O–H groups in total. The molecule has 0 aliphatic heterocycles. The molecule has 0 rings (SSSR count). The number of unbranched alkanes of at least 4 members (excludes halogenated alkanes) is 20. The fourth-order valence-electron chi connectivity index (χ4n) is 4.71. The Balaban J connectivity index is 3.56. The minimum atomic E-state index is -0.648. The van der Waals surface area contributed by atoms with Gasteiger partial charge < -0.3 is 15.5 Å². The molecule has 0 fully saturated rings. The Labute approximate surface area is 213 Å². The highest BCUT2D eigenvalue weighted by molar-refractivity contribution is 5.76. The fraction of sp³-hybridized carbons (Fsp3) is 0.967. The zero-order valence-electron chi connectivity index (χ0n) is 23.1. The van der Waals surface area contributed by atoms with Crippen LogP contribution in [0.4, 0.5) is 0 Å². The van der Waals surface area contributed by atoms with Gasteiger partial charge in [0, 0.05) is 6.42 Å². The summed E-state index contributed by atoms with van der Waals surface area (Å²) in [6, 6.07) is -0.525. The van der Waals surface area contributed by atoms with E-state index < -0.39 is 12.1 Å². The van der Waals surface area contributed by atoms with Crippen molar-refractivity contribution >= 4 is 5.91 Å². The molecule has 0 unspecified atom stereocenters. The minimum absolute atomic E-state index is 0.0370. The van der Waals surface area contributed by atoms with Crippen molar-refractivity contribution in [3.05, 3.63) is 0 Å². The molecule has 204 valence electrons. The number of rotatable bonds is 27. The van der Waals surface area contributed by atoms with E-state index in [2.05, 4.69) is 19.2 Å². The Morgan fingerprint density at radius 2 is 0.941 bits per heavy atom. The van der Waals surface area contributed by atoms with Gasteiger partial charge in [-0.1, -0.05) is 149 Å². The molecule has 0 radical (unpaired) electrons. The number of aliphatic hydroxyl groups is 2. The van der Waals surface area contributed by atoms with Crippen molar-refractivity contribution in [3.63, 3.8) is 0 Å². The largest absolute Gasteiger partial charge is 0.394 e. The second-order valence-electron chi connectivity index (χ2n) is 10.5. The van der Waals surface area contributed by atoms with Crippen molar-refractivity contribution in [2.45, 2.75) is 180 Å². The summed E-state index contributed by atoms with van der Waals surface area (Å²) in [6.45, 7) is 4.31. The third-order valence-electron chi connectivity index (χ3n) is 7.12. The molecule has 4 heteroatoms. The first-order valence-corrected chi connectivity index (χ1v) is 15.2. The summed E-state index contributed by atoms with van der Waals surface area (Å²) in [7, 11) is 0. The average Bonchev–Trinajstić information content (AvgIpc) is 2.84. The molecule has 0 aromatic carbocycles. The topological polar surface area (TPSA) is 69.6 Å². The van der Waals surface area contributed by atoms with Crippen LogP contribution in [0.15, 0.2) is 0 Å². The van der Waals surface area contributed by atoms with E-state index in [0.717, 1.165) is 25.7 Å². The first-order valence-electron chi connectivity index (χ1n) is 15.2. The van der Waals surface area contributed by atoms with Gasteiger partial charge in [-0.15, -0.1) is 0 Å². The van der Waals surface area contributed by atoms with Gasteiger partial charge in [0.05, 0.1) is 18.8 Å². The highest BCUT2D eigenvalue weighted by Gasteiger charge is 2.19. The van der Waals surface area contributed by atoms with Crippen molar-refractivity contribution < 1.29 is 15.0 Å². The van der Waals surface area contributed by atoms with Crippen molar-refractivity contribution in [2.24, 2.45) is 0 Å². The van der Waals surface area contributed by atoms with E-state index in [1.54, 1.807) is 0 Å². The first kappa shape index (κ1) is 33.4. The minimum Gasteiger partial charge on any atom is -0.394 e. The first-order chi connectivity index (χ1) is 16.7. The predicted molar refractivity (Wildman–Crippen MR) is 147 cm³/mol. The number of nitrogens with one attached hydrogen (secondary N) is 1. The smallest absolute Gasteiger partial charge is 0.220 e. The molecule has 0 saturated heterocycles. The van der Waals surface area contributed by atoms with E-state index in [-0.39, 0.29) is 12.5 Å². The molecule has 0 aromatic heterocycles. The molecule has 0 aliphatic carbocycles. The molecule has 2 atom stereocenters. The van der Waals surface area contributed by atoms with Crippen molar-refractivity contribution in [2.75, 3.05) is 6.61 Å². The normalized spacial score (nSPS) is 13.2. The van der Waals surface area contributed by atoms with Crippen LogP contribution in [0.25, 0.3) is 0 Å². The monoisotopic (exact) mass is 483 g/mol. The van der Waals surface area contributed by atoms with Crippen LogP contribution in [0.5, 0.6) is 0 Å². The number of carbonyl (C=O) groups excluding carboxylic acids is 1.